The molecular formula is C19H20N4O2. The molecule has 0 bridgehead atoms. The third-order valence-corrected chi connectivity index (χ3v) is 4.14. The highest BCUT2D eigenvalue weighted by molar-refractivity contribution is 5.44. The van der Waals surface area contributed by atoms with E-state index in [1.807, 2.05) is 36.3 Å². The van der Waals surface area contributed by atoms with Gasteiger partial charge in [0.25, 0.3) is 0 Å². The monoisotopic (exact) mass is 336 g/mol. The van der Waals surface area contributed by atoms with Crippen LogP contribution in [0.4, 0.5) is 0 Å². The fourth-order valence-electron chi connectivity index (χ4n) is 3.03. The molecule has 3 heterocycles. The summed E-state index contributed by atoms with van der Waals surface area (Å²) >= 11 is 0. The van der Waals surface area contributed by atoms with Crippen molar-refractivity contribution in [3.05, 3.63) is 71.8 Å². The van der Waals surface area contributed by atoms with E-state index in [2.05, 4.69) is 39.4 Å². The lowest BCUT2D eigenvalue weighted by Gasteiger charge is -2.22. The zero-order valence-corrected chi connectivity index (χ0v) is 14.1. The molecule has 0 amide bonds. The Morgan fingerprint density at radius 2 is 1.84 bits per heavy atom. The van der Waals surface area contributed by atoms with Crippen LogP contribution in [0.2, 0.25) is 0 Å². The maximum atomic E-state index is 5.50. The summed E-state index contributed by atoms with van der Waals surface area (Å²) in [7, 11) is 1.94. The molecule has 6 heteroatoms. The second-order valence-corrected chi connectivity index (χ2v) is 6.22. The molecule has 25 heavy (non-hydrogen) atoms. The number of fused-ring (bicyclic) bond motifs is 1. The number of aryl methyl sites for hydroxylation is 1. The number of hydrogen-bond acceptors (Lipinski definition) is 5. The molecule has 0 atom stereocenters. The summed E-state index contributed by atoms with van der Waals surface area (Å²) in [5.41, 5.74) is 3.57. The van der Waals surface area contributed by atoms with Crippen LogP contribution >= 0.6 is 0 Å². The van der Waals surface area contributed by atoms with Crippen LogP contribution in [-0.2, 0) is 26.7 Å². The Balaban J connectivity index is 1.53. The summed E-state index contributed by atoms with van der Waals surface area (Å²) in [6.45, 7) is 2.74. The van der Waals surface area contributed by atoms with Crippen LogP contribution in [0.5, 0.6) is 11.5 Å². The molecule has 0 aliphatic carbocycles. The van der Waals surface area contributed by atoms with Gasteiger partial charge >= 0.3 is 0 Å². The quantitative estimate of drug-likeness (QED) is 0.693. The Morgan fingerprint density at radius 1 is 1.00 bits per heavy atom. The van der Waals surface area contributed by atoms with E-state index in [1.54, 1.807) is 6.20 Å². The fraction of sp³-hybridized carbons (Fsp3) is 0.263. The first-order chi connectivity index (χ1) is 12.3. The largest absolute Gasteiger partial charge is 0.454 e. The Bertz CT molecular complexity index is 848. The number of aromatic nitrogens is 3. The molecule has 0 saturated heterocycles. The first-order valence-corrected chi connectivity index (χ1v) is 8.23. The summed E-state index contributed by atoms with van der Waals surface area (Å²) in [5, 5.41) is 4.27. The number of rotatable bonds is 6. The lowest BCUT2D eigenvalue weighted by atomic mass is 10.1. The van der Waals surface area contributed by atoms with Gasteiger partial charge in [-0.05, 0) is 29.3 Å². The molecule has 0 saturated carbocycles. The van der Waals surface area contributed by atoms with E-state index < -0.39 is 0 Å². The lowest BCUT2D eigenvalue weighted by molar-refractivity contribution is 0.174. The molecule has 3 aromatic rings. The topological polar surface area (TPSA) is 52.4 Å². The van der Waals surface area contributed by atoms with Crippen molar-refractivity contribution >= 4 is 0 Å². The van der Waals surface area contributed by atoms with Crippen molar-refractivity contribution in [3.8, 4) is 11.5 Å². The Labute approximate surface area is 146 Å². The van der Waals surface area contributed by atoms with Gasteiger partial charge in [0.1, 0.15) is 0 Å². The molecule has 128 valence electrons. The van der Waals surface area contributed by atoms with Gasteiger partial charge in [-0.25, -0.2) is 0 Å². The van der Waals surface area contributed by atoms with Crippen LogP contribution in [0, 0.1) is 0 Å². The standard InChI is InChI=1S/C19H20N4O2/c1-22-10-17(9-21-22)13-23(12-16-3-2-6-20-8-16)11-15-4-5-18-19(7-15)25-14-24-18/h2-10H,11-14H2,1H3. The number of hydrogen-bond donors (Lipinski definition) is 0. The molecule has 4 rings (SSSR count). The predicted octanol–water partition coefficient (Wildman–Crippen LogP) is 2.75. The molecule has 0 unspecified atom stereocenters. The molecule has 0 N–H and O–H groups in total. The zero-order chi connectivity index (χ0) is 17.1. The average molecular weight is 336 g/mol. The third kappa shape index (κ3) is 3.80. The highest BCUT2D eigenvalue weighted by Crippen LogP contribution is 2.33. The van der Waals surface area contributed by atoms with Gasteiger partial charge in [-0.15, -0.1) is 0 Å². The van der Waals surface area contributed by atoms with Gasteiger partial charge in [-0.3, -0.25) is 14.6 Å². The van der Waals surface area contributed by atoms with Crippen molar-refractivity contribution in [2.45, 2.75) is 19.6 Å². The maximum absolute atomic E-state index is 5.50. The van der Waals surface area contributed by atoms with Crippen LogP contribution in [0.25, 0.3) is 0 Å². The van der Waals surface area contributed by atoms with Crippen molar-refractivity contribution < 1.29 is 9.47 Å². The second-order valence-electron chi connectivity index (χ2n) is 6.22. The fourth-order valence-corrected chi connectivity index (χ4v) is 3.03. The highest BCUT2D eigenvalue weighted by Gasteiger charge is 2.15. The van der Waals surface area contributed by atoms with E-state index in [9.17, 15) is 0 Å². The second kappa shape index (κ2) is 6.94. The molecule has 1 aromatic carbocycles. The van der Waals surface area contributed by atoms with E-state index >= 15 is 0 Å². The molecule has 1 aliphatic heterocycles. The Kier molecular flexibility index (Phi) is 4.35. The lowest BCUT2D eigenvalue weighted by Crippen LogP contribution is -2.22. The van der Waals surface area contributed by atoms with Crippen molar-refractivity contribution in [2.24, 2.45) is 7.05 Å². The molecule has 2 aromatic heterocycles. The van der Waals surface area contributed by atoms with Crippen LogP contribution in [-0.4, -0.2) is 26.5 Å². The number of pyridine rings is 1. The molecule has 1 aliphatic rings. The van der Waals surface area contributed by atoms with Crippen LogP contribution < -0.4 is 9.47 Å². The van der Waals surface area contributed by atoms with Crippen molar-refractivity contribution in [1.82, 2.24) is 19.7 Å². The van der Waals surface area contributed by atoms with Gasteiger partial charge < -0.3 is 9.47 Å². The smallest absolute Gasteiger partial charge is 0.231 e. The summed E-state index contributed by atoms with van der Waals surface area (Å²) in [6.07, 6.45) is 7.68. The summed E-state index contributed by atoms with van der Waals surface area (Å²) in [4.78, 5) is 6.59. The van der Waals surface area contributed by atoms with E-state index in [0.717, 1.165) is 31.1 Å². The van der Waals surface area contributed by atoms with Crippen molar-refractivity contribution in [1.29, 1.82) is 0 Å². The normalized spacial score (nSPS) is 12.7. The third-order valence-electron chi connectivity index (χ3n) is 4.14. The van der Waals surface area contributed by atoms with Gasteiger partial charge in [0.05, 0.1) is 6.20 Å². The van der Waals surface area contributed by atoms with E-state index in [4.69, 9.17) is 9.47 Å². The van der Waals surface area contributed by atoms with Crippen molar-refractivity contribution in [2.75, 3.05) is 6.79 Å². The van der Waals surface area contributed by atoms with Crippen LogP contribution in [0.3, 0.4) is 0 Å². The molecule has 0 fully saturated rings. The van der Waals surface area contributed by atoms with E-state index in [1.165, 1.54) is 16.7 Å². The van der Waals surface area contributed by atoms with Gasteiger partial charge in [-0.1, -0.05) is 12.1 Å². The summed E-state index contributed by atoms with van der Waals surface area (Å²) in [5.74, 6) is 1.63. The predicted molar refractivity (Wildman–Crippen MR) is 93.0 cm³/mol. The minimum Gasteiger partial charge on any atom is -0.454 e. The van der Waals surface area contributed by atoms with E-state index in [-0.39, 0.29) is 0 Å². The first-order valence-electron chi connectivity index (χ1n) is 8.23. The average Bonchev–Trinajstić information content (AvgIpc) is 3.24. The summed E-state index contributed by atoms with van der Waals surface area (Å²) < 4.78 is 12.7. The molecule has 0 radical (unpaired) electrons. The molecular weight excluding hydrogens is 316 g/mol. The zero-order valence-electron chi connectivity index (χ0n) is 14.1. The van der Waals surface area contributed by atoms with Gasteiger partial charge in [0.2, 0.25) is 6.79 Å². The van der Waals surface area contributed by atoms with Gasteiger partial charge in [0.15, 0.2) is 11.5 Å². The maximum Gasteiger partial charge on any atom is 0.231 e. The highest BCUT2D eigenvalue weighted by atomic mass is 16.7. The molecule has 6 nitrogen and oxygen atoms in total. The van der Waals surface area contributed by atoms with Crippen LogP contribution in [0.1, 0.15) is 16.7 Å². The Hall–Kier alpha value is -2.86. The minimum atomic E-state index is 0.299. The SMILES string of the molecule is Cn1cc(CN(Cc2cccnc2)Cc2ccc3c(c2)OCO3)cn1. The van der Waals surface area contributed by atoms with Gasteiger partial charge in [0, 0.05) is 50.8 Å². The minimum absolute atomic E-state index is 0.299. The molecule has 0 spiro atoms. The van der Waals surface area contributed by atoms with E-state index in [0.29, 0.717) is 6.79 Å². The number of benzene rings is 1. The van der Waals surface area contributed by atoms with Gasteiger partial charge in [-0.2, -0.15) is 5.10 Å². The van der Waals surface area contributed by atoms with Crippen molar-refractivity contribution in [3.63, 3.8) is 0 Å². The summed E-state index contributed by atoms with van der Waals surface area (Å²) in [6, 6.07) is 10.2. The number of nitrogens with zero attached hydrogens (tertiary/aromatic N) is 4. The first kappa shape index (κ1) is 15.7. The number of ether oxygens (including phenoxy) is 2. The Morgan fingerprint density at radius 3 is 2.64 bits per heavy atom. The van der Waals surface area contributed by atoms with Crippen LogP contribution in [0.15, 0.2) is 55.1 Å².